The van der Waals surface area contributed by atoms with Gasteiger partial charge in [-0.1, -0.05) is 90.4 Å². The average Bonchev–Trinajstić information content (AvgIpc) is 3.52. The first-order valence-corrected chi connectivity index (χ1v) is 31.4. The zero-order chi connectivity index (χ0) is 65.0. The number of rotatable bonds is 62. The molecule has 0 aromatic carbocycles. The molecule has 26 heteroatoms. The maximum Gasteiger partial charge on any atom is 0.326 e. The number of carboxylic acids is 3. The number of aliphatic hydroxyl groups excluding tert-OH is 1. The summed E-state index contributed by atoms with van der Waals surface area (Å²) in [6.45, 7) is 5.22. The summed E-state index contributed by atoms with van der Waals surface area (Å²) in [6.07, 6.45) is 16.3. The van der Waals surface area contributed by atoms with Crippen molar-refractivity contribution in [1.82, 2.24) is 26.6 Å². The van der Waals surface area contributed by atoms with E-state index < -0.39 is 96.8 Å². The first-order valence-electron chi connectivity index (χ1n) is 31.4. The van der Waals surface area contributed by atoms with Crippen LogP contribution in [0.4, 0.5) is 0 Å². The van der Waals surface area contributed by atoms with Crippen LogP contribution in [0.25, 0.3) is 0 Å². The van der Waals surface area contributed by atoms with E-state index in [1.807, 2.05) is 6.92 Å². The third-order valence-corrected chi connectivity index (χ3v) is 14.5. The predicted molar refractivity (Wildman–Crippen MR) is 321 cm³/mol. The van der Waals surface area contributed by atoms with Crippen LogP contribution in [0.15, 0.2) is 0 Å². The van der Waals surface area contributed by atoms with E-state index in [9.17, 15) is 78.0 Å². The highest BCUT2D eigenvalue weighted by Crippen LogP contribution is 2.19. The van der Waals surface area contributed by atoms with Gasteiger partial charge in [-0.2, -0.15) is 0 Å². The van der Waals surface area contributed by atoms with Gasteiger partial charge in [0.15, 0.2) is 5.78 Å². The summed E-state index contributed by atoms with van der Waals surface area (Å²) in [7, 11) is 0. The summed E-state index contributed by atoms with van der Waals surface area (Å²) < 4.78 is 21.4. The number of hydrogen-bond acceptors (Lipinski definition) is 18. The first-order chi connectivity index (χ1) is 41.6. The van der Waals surface area contributed by atoms with Gasteiger partial charge >= 0.3 is 17.9 Å². The molecule has 0 rings (SSSR count). The van der Waals surface area contributed by atoms with Crippen molar-refractivity contribution in [3.05, 3.63) is 0 Å². The van der Waals surface area contributed by atoms with Crippen molar-refractivity contribution in [1.29, 1.82) is 0 Å². The number of nitrogens with one attached hydrogen (secondary N) is 5. The SMILES string of the molecule is CC[C@@H](CCCCNC(=O)CC[C@H](NC(=O)CC[C@H](CC(=O)COCCOCCNC(=O)COCCOCCNC(=O)CC[C@H](CC(=O)CCCCCCCCCCCCCCCCC(C)=O)C(=O)O)C(=O)O)C(=O)O)C(=O)CN[C@H](C(N)=O)[C@@H](C)O. The number of aliphatic hydroxyl groups is 1. The quantitative estimate of drug-likeness (QED) is 0.0384. The van der Waals surface area contributed by atoms with Crippen molar-refractivity contribution in [3.8, 4) is 0 Å². The van der Waals surface area contributed by atoms with Crippen LogP contribution in [0.3, 0.4) is 0 Å². The molecule has 0 aliphatic heterocycles. The van der Waals surface area contributed by atoms with Gasteiger partial charge in [0.05, 0.1) is 64.1 Å². The Labute approximate surface area is 513 Å². The highest BCUT2D eigenvalue weighted by atomic mass is 16.5. The van der Waals surface area contributed by atoms with Gasteiger partial charge in [0.1, 0.15) is 42.6 Å². The Morgan fingerprint density at radius 1 is 0.448 bits per heavy atom. The number of Topliss-reactive ketones (excluding diaryl/α,β-unsaturated/α-hetero) is 4. The molecule has 500 valence electrons. The van der Waals surface area contributed by atoms with Gasteiger partial charge in [0.25, 0.3) is 0 Å². The Bertz CT molecular complexity index is 2030. The molecule has 0 spiro atoms. The average molecular weight is 1240 g/mol. The topological polar surface area (TPSA) is 409 Å². The minimum Gasteiger partial charge on any atom is -0.481 e. The molecule has 0 unspecified atom stereocenters. The maximum atomic E-state index is 12.6. The van der Waals surface area contributed by atoms with Crippen LogP contribution in [-0.2, 0) is 76.5 Å². The standard InChI is InChI=1S/C61H106N6O20/c1-4-46(52(72)41-66-57(45(3)69)58(62)77)22-19-20-30-63-54(74)29-26-51(61(82)83)67-55(75)28-25-48(60(80)81)40-50(71)42-86-37-35-85-34-32-65-56(76)43-87-38-36-84-33-31-64-53(73)27-24-47(59(78)79)39-49(70)23-18-16-14-12-10-8-6-5-7-9-11-13-15-17-21-44(2)68/h45-48,51,57,66,69H,4-43H2,1-3H3,(H2,62,77)(H,63,74)(H,64,73)(H,65,76)(H,67,75)(H,78,79)(H,80,81)(H,82,83)/t45-,46+,47-,48-,51+,57+/m1/s1. The lowest BCUT2D eigenvalue weighted by Crippen LogP contribution is -2.50. The molecule has 0 aromatic rings. The third-order valence-electron chi connectivity index (χ3n) is 14.5. The largest absolute Gasteiger partial charge is 0.481 e. The second kappa shape index (κ2) is 53.2. The molecular formula is C61H106N6O20. The van der Waals surface area contributed by atoms with Crippen molar-refractivity contribution in [3.63, 3.8) is 0 Å². The maximum absolute atomic E-state index is 12.6. The molecule has 26 nitrogen and oxygen atoms in total. The fourth-order valence-corrected chi connectivity index (χ4v) is 9.31. The summed E-state index contributed by atoms with van der Waals surface area (Å²) in [6, 6.07) is -2.49. The highest BCUT2D eigenvalue weighted by molar-refractivity contribution is 5.88. The number of hydrogen-bond donors (Lipinski definition) is 10. The molecule has 11 N–H and O–H groups in total. The smallest absolute Gasteiger partial charge is 0.326 e. The van der Waals surface area contributed by atoms with Crippen molar-refractivity contribution in [2.24, 2.45) is 23.5 Å². The summed E-state index contributed by atoms with van der Waals surface area (Å²) >= 11 is 0. The van der Waals surface area contributed by atoms with E-state index in [-0.39, 0.29) is 140 Å². The fourth-order valence-electron chi connectivity index (χ4n) is 9.31. The van der Waals surface area contributed by atoms with E-state index in [0.29, 0.717) is 38.5 Å². The molecule has 0 radical (unpaired) electrons. The second-order valence-corrected chi connectivity index (χ2v) is 22.2. The predicted octanol–water partition coefficient (Wildman–Crippen LogP) is 4.05. The van der Waals surface area contributed by atoms with E-state index in [1.54, 1.807) is 6.92 Å². The number of amides is 5. The van der Waals surface area contributed by atoms with Gasteiger partial charge in [0, 0.05) is 70.5 Å². The van der Waals surface area contributed by atoms with Gasteiger partial charge < -0.3 is 71.2 Å². The van der Waals surface area contributed by atoms with Gasteiger partial charge in [0.2, 0.25) is 29.5 Å². The van der Waals surface area contributed by atoms with E-state index >= 15 is 0 Å². The monoisotopic (exact) mass is 1240 g/mol. The molecule has 0 aliphatic rings. The lowest BCUT2D eigenvalue weighted by Gasteiger charge is -2.20. The second-order valence-electron chi connectivity index (χ2n) is 22.2. The molecule has 0 fully saturated rings. The molecule has 0 bridgehead atoms. The fraction of sp³-hybridized carbons (Fsp3) is 0.803. The van der Waals surface area contributed by atoms with Gasteiger partial charge in [-0.3, -0.25) is 53.3 Å². The first kappa shape index (κ1) is 81.2. The molecular weight excluding hydrogens is 1140 g/mol. The lowest BCUT2D eigenvalue weighted by molar-refractivity contribution is -0.145. The molecule has 0 saturated heterocycles. The van der Waals surface area contributed by atoms with Crippen molar-refractivity contribution >= 4 is 70.6 Å². The van der Waals surface area contributed by atoms with Crippen molar-refractivity contribution < 1.29 is 96.9 Å². The highest BCUT2D eigenvalue weighted by Gasteiger charge is 2.27. The number of ether oxygens (including phenoxy) is 4. The number of nitrogens with two attached hydrogens (primary N) is 1. The molecule has 0 aromatic heterocycles. The number of carbonyl (C=O) groups is 12. The summed E-state index contributed by atoms with van der Waals surface area (Å²) in [5.41, 5.74) is 5.25. The Hall–Kier alpha value is -5.80. The number of carbonyl (C=O) groups excluding carboxylic acids is 9. The molecule has 87 heavy (non-hydrogen) atoms. The summed E-state index contributed by atoms with van der Waals surface area (Å²) in [5, 5.41) is 51.5. The van der Waals surface area contributed by atoms with Crippen LogP contribution in [0, 0.1) is 17.8 Å². The summed E-state index contributed by atoms with van der Waals surface area (Å²) in [4.78, 5) is 145. The Morgan fingerprint density at radius 2 is 0.897 bits per heavy atom. The van der Waals surface area contributed by atoms with Crippen molar-refractivity contribution in [2.45, 2.75) is 219 Å². The van der Waals surface area contributed by atoms with E-state index in [1.165, 1.54) is 58.3 Å². The van der Waals surface area contributed by atoms with Crippen LogP contribution >= 0.6 is 0 Å². The molecule has 6 atom stereocenters. The van der Waals surface area contributed by atoms with Crippen LogP contribution < -0.4 is 32.3 Å². The van der Waals surface area contributed by atoms with Gasteiger partial charge in [-0.05, 0) is 65.2 Å². The minimum atomic E-state index is -1.43. The molecule has 0 heterocycles. The van der Waals surface area contributed by atoms with Crippen molar-refractivity contribution in [2.75, 3.05) is 79.0 Å². The van der Waals surface area contributed by atoms with Gasteiger partial charge in [-0.15, -0.1) is 0 Å². The molecule has 5 amide bonds. The van der Waals surface area contributed by atoms with Gasteiger partial charge in [-0.25, -0.2) is 4.79 Å². The lowest BCUT2D eigenvalue weighted by atomic mass is 9.94. The molecule has 0 aliphatic carbocycles. The number of unbranched alkanes of at least 4 members (excludes halogenated alkanes) is 14. The van der Waals surface area contributed by atoms with Crippen LogP contribution in [0.1, 0.15) is 201 Å². The molecule has 0 saturated carbocycles. The normalized spacial score (nSPS) is 13.3. The van der Waals surface area contributed by atoms with Crippen LogP contribution in [0.2, 0.25) is 0 Å². The number of carboxylic acid groups (broad SMARTS) is 3. The number of ketones is 4. The number of primary amides is 1. The zero-order valence-corrected chi connectivity index (χ0v) is 52.1. The number of aliphatic carboxylic acids is 3. The Balaban J connectivity index is 4.07. The van der Waals surface area contributed by atoms with E-state index in [2.05, 4.69) is 26.6 Å². The minimum absolute atomic E-state index is 0.0149. The third kappa shape index (κ3) is 47.9. The van der Waals surface area contributed by atoms with Crippen LogP contribution in [-0.4, -0.2) is 188 Å². The van der Waals surface area contributed by atoms with E-state index in [0.717, 1.165) is 38.5 Å². The van der Waals surface area contributed by atoms with Crippen LogP contribution in [0.5, 0.6) is 0 Å². The van der Waals surface area contributed by atoms with E-state index in [4.69, 9.17) is 24.7 Å². The summed E-state index contributed by atoms with van der Waals surface area (Å²) in [5.74, 6) is -9.60. The Morgan fingerprint density at radius 3 is 1.38 bits per heavy atom. The Kier molecular flexibility index (Phi) is 49.7. The zero-order valence-electron chi connectivity index (χ0n) is 52.1.